The molecule has 0 radical (unpaired) electrons. The highest BCUT2D eigenvalue weighted by molar-refractivity contribution is 9.10. The Labute approximate surface area is 142 Å². The number of rotatable bonds is 5. The average molecular weight is 379 g/mol. The lowest BCUT2D eigenvalue weighted by atomic mass is 10.3. The SMILES string of the molecule is Fc1cc(Br)ccc1NC1=CN=CC2=CN(OCC3CC3)CN21. The molecule has 1 fully saturated rings. The lowest BCUT2D eigenvalue weighted by Crippen LogP contribution is -2.31. The van der Waals surface area contributed by atoms with Gasteiger partial charge in [0.1, 0.15) is 18.3 Å². The van der Waals surface area contributed by atoms with Crippen LogP contribution in [0.15, 0.2) is 51.6 Å². The Bertz CT molecular complexity index is 714. The number of hydrogen-bond acceptors (Lipinski definition) is 5. The monoisotopic (exact) mass is 378 g/mol. The van der Waals surface area contributed by atoms with Crippen LogP contribution in [-0.4, -0.2) is 29.5 Å². The Hall–Kier alpha value is -1.86. The van der Waals surface area contributed by atoms with E-state index in [0.29, 0.717) is 22.7 Å². The van der Waals surface area contributed by atoms with E-state index in [2.05, 4.69) is 26.2 Å². The average Bonchev–Trinajstić information content (AvgIpc) is 3.26. The first-order valence-corrected chi connectivity index (χ1v) is 8.33. The van der Waals surface area contributed by atoms with E-state index in [1.54, 1.807) is 29.6 Å². The molecule has 0 bridgehead atoms. The van der Waals surface area contributed by atoms with Gasteiger partial charge in [-0.3, -0.25) is 9.83 Å². The Balaban J connectivity index is 1.46. The lowest BCUT2D eigenvalue weighted by Gasteiger charge is -2.27. The van der Waals surface area contributed by atoms with Crippen molar-refractivity contribution in [2.45, 2.75) is 12.8 Å². The van der Waals surface area contributed by atoms with Crippen molar-refractivity contribution in [3.63, 3.8) is 0 Å². The van der Waals surface area contributed by atoms with Crippen molar-refractivity contribution >= 4 is 27.8 Å². The number of hydroxylamine groups is 2. The van der Waals surface area contributed by atoms with Crippen LogP contribution < -0.4 is 5.32 Å². The second-order valence-electron chi connectivity index (χ2n) is 5.82. The van der Waals surface area contributed by atoms with Crippen LogP contribution in [0.25, 0.3) is 0 Å². The van der Waals surface area contributed by atoms with Gasteiger partial charge in [0.25, 0.3) is 0 Å². The van der Waals surface area contributed by atoms with Crippen molar-refractivity contribution in [3.05, 3.63) is 52.4 Å². The highest BCUT2D eigenvalue weighted by Crippen LogP contribution is 2.31. The molecule has 1 aliphatic carbocycles. The predicted molar refractivity (Wildman–Crippen MR) is 89.6 cm³/mol. The smallest absolute Gasteiger partial charge is 0.147 e. The van der Waals surface area contributed by atoms with Crippen molar-refractivity contribution in [2.75, 3.05) is 18.6 Å². The summed E-state index contributed by atoms with van der Waals surface area (Å²) in [5, 5.41) is 4.90. The van der Waals surface area contributed by atoms with E-state index in [1.165, 1.54) is 18.9 Å². The molecular formula is C16H16BrFN4O. The van der Waals surface area contributed by atoms with E-state index >= 15 is 0 Å². The third kappa shape index (κ3) is 3.25. The third-order valence-corrected chi connectivity index (χ3v) is 4.42. The first-order chi connectivity index (χ1) is 11.2. The summed E-state index contributed by atoms with van der Waals surface area (Å²) >= 11 is 3.26. The van der Waals surface area contributed by atoms with Gasteiger partial charge < -0.3 is 10.2 Å². The minimum atomic E-state index is -0.318. The van der Waals surface area contributed by atoms with E-state index in [0.717, 1.165) is 18.1 Å². The molecule has 1 aromatic rings. The summed E-state index contributed by atoms with van der Waals surface area (Å²) in [5.74, 6) is 1.10. The molecule has 4 rings (SSSR count). The van der Waals surface area contributed by atoms with Gasteiger partial charge >= 0.3 is 0 Å². The summed E-state index contributed by atoms with van der Waals surface area (Å²) in [4.78, 5) is 12.0. The van der Waals surface area contributed by atoms with Crippen molar-refractivity contribution < 1.29 is 9.23 Å². The normalized spacial score (nSPS) is 19.6. The standard InChI is InChI=1S/C16H16BrFN4O/c17-12-3-4-15(14(18)5-12)20-16-7-19-6-13-8-21(10-22(13)16)23-9-11-1-2-11/h3-8,11,20H,1-2,9-10H2. The summed E-state index contributed by atoms with van der Waals surface area (Å²) in [6, 6.07) is 4.92. The number of hydrogen-bond donors (Lipinski definition) is 1. The van der Waals surface area contributed by atoms with Crippen LogP contribution in [-0.2, 0) is 4.84 Å². The first kappa shape index (κ1) is 14.7. The van der Waals surface area contributed by atoms with Gasteiger partial charge in [0.15, 0.2) is 0 Å². The van der Waals surface area contributed by atoms with Crippen LogP contribution in [0.1, 0.15) is 12.8 Å². The van der Waals surface area contributed by atoms with Crippen LogP contribution in [0.4, 0.5) is 10.1 Å². The molecule has 3 aliphatic rings. The predicted octanol–water partition coefficient (Wildman–Crippen LogP) is 3.64. The minimum absolute atomic E-state index is 0.318. The number of allylic oxidation sites excluding steroid dienone is 1. The minimum Gasteiger partial charge on any atom is -0.338 e. The van der Waals surface area contributed by atoms with Gasteiger partial charge in [-0.25, -0.2) is 9.45 Å². The number of benzene rings is 1. The summed E-state index contributed by atoms with van der Waals surface area (Å²) in [6.45, 7) is 1.31. The molecule has 0 amide bonds. The maximum Gasteiger partial charge on any atom is 0.147 e. The number of fused-ring (bicyclic) bond motifs is 1. The largest absolute Gasteiger partial charge is 0.338 e. The van der Waals surface area contributed by atoms with Crippen LogP contribution in [0.5, 0.6) is 0 Å². The molecule has 0 aromatic heterocycles. The van der Waals surface area contributed by atoms with E-state index in [-0.39, 0.29) is 5.82 Å². The fourth-order valence-electron chi connectivity index (χ4n) is 2.44. The highest BCUT2D eigenvalue weighted by Gasteiger charge is 2.28. The number of aliphatic imine (C=N–C) groups is 1. The molecule has 0 spiro atoms. The maximum atomic E-state index is 14.0. The lowest BCUT2D eigenvalue weighted by molar-refractivity contribution is -0.130. The molecule has 7 heteroatoms. The Morgan fingerprint density at radius 2 is 2.26 bits per heavy atom. The second-order valence-corrected chi connectivity index (χ2v) is 6.74. The van der Waals surface area contributed by atoms with E-state index in [4.69, 9.17) is 4.84 Å². The van der Waals surface area contributed by atoms with Gasteiger partial charge in [-0.15, -0.1) is 0 Å². The number of nitrogens with one attached hydrogen (secondary N) is 1. The molecule has 120 valence electrons. The van der Waals surface area contributed by atoms with Gasteiger partial charge in [-0.2, -0.15) is 0 Å². The molecular weight excluding hydrogens is 363 g/mol. The van der Waals surface area contributed by atoms with Gasteiger partial charge in [-0.1, -0.05) is 15.9 Å². The molecule has 2 aliphatic heterocycles. The zero-order valence-electron chi connectivity index (χ0n) is 12.4. The van der Waals surface area contributed by atoms with Gasteiger partial charge in [-0.05, 0) is 37.0 Å². The highest BCUT2D eigenvalue weighted by atomic mass is 79.9. The fourth-order valence-corrected chi connectivity index (χ4v) is 2.78. The summed E-state index contributed by atoms with van der Waals surface area (Å²) in [7, 11) is 0. The van der Waals surface area contributed by atoms with E-state index in [9.17, 15) is 4.39 Å². The molecule has 0 atom stereocenters. The summed E-state index contributed by atoms with van der Waals surface area (Å²) in [6.07, 6.45) is 7.88. The second kappa shape index (κ2) is 5.98. The zero-order chi connectivity index (χ0) is 15.8. The Morgan fingerprint density at radius 3 is 3.04 bits per heavy atom. The summed E-state index contributed by atoms with van der Waals surface area (Å²) in [5.41, 5.74) is 1.33. The molecule has 1 N–H and O–H groups in total. The van der Waals surface area contributed by atoms with E-state index < -0.39 is 0 Å². The van der Waals surface area contributed by atoms with Gasteiger partial charge in [0.2, 0.25) is 0 Å². The van der Waals surface area contributed by atoms with E-state index in [1.807, 2.05) is 11.1 Å². The molecule has 2 heterocycles. The van der Waals surface area contributed by atoms with Crippen molar-refractivity contribution in [2.24, 2.45) is 10.9 Å². The molecule has 23 heavy (non-hydrogen) atoms. The molecule has 1 saturated carbocycles. The molecule has 5 nitrogen and oxygen atoms in total. The van der Waals surface area contributed by atoms with Crippen molar-refractivity contribution in [1.82, 2.24) is 9.96 Å². The number of anilines is 1. The Kier molecular flexibility index (Phi) is 3.82. The molecule has 1 aromatic carbocycles. The van der Waals surface area contributed by atoms with Crippen LogP contribution in [0.2, 0.25) is 0 Å². The topological polar surface area (TPSA) is 40.1 Å². The quantitative estimate of drug-likeness (QED) is 0.848. The van der Waals surface area contributed by atoms with Gasteiger partial charge in [0, 0.05) is 4.47 Å². The van der Waals surface area contributed by atoms with Crippen LogP contribution >= 0.6 is 15.9 Å². The first-order valence-electron chi connectivity index (χ1n) is 7.53. The van der Waals surface area contributed by atoms with Crippen molar-refractivity contribution in [1.29, 1.82) is 0 Å². The summed E-state index contributed by atoms with van der Waals surface area (Å²) < 4.78 is 14.7. The zero-order valence-corrected chi connectivity index (χ0v) is 14.0. The molecule has 0 saturated heterocycles. The maximum absolute atomic E-state index is 14.0. The third-order valence-electron chi connectivity index (χ3n) is 3.93. The molecule has 0 unspecified atom stereocenters. The van der Waals surface area contributed by atoms with Crippen LogP contribution in [0, 0.1) is 11.7 Å². The Morgan fingerprint density at radius 1 is 1.39 bits per heavy atom. The number of halogens is 2. The number of nitrogens with zero attached hydrogens (tertiary/aromatic N) is 3. The van der Waals surface area contributed by atoms with Crippen LogP contribution in [0.3, 0.4) is 0 Å². The van der Waals surface area contributed by atoms with Crippen molar-refractivity contribution in [3.8, 4) is 0 Å². The fraction of sp³-hybridized carbons (Fsp3) is 0.312. The van der Waals surface area contributed by atoms with Gasteiger partial charge in [0.05, 0.1) is 36.6 Å².